The molecular weight excluding hydrogens is 279 g/mol. The predicted octanol–water partition coefficient (Wildman–Crippen LogP) is 1.58. The van der Waals surface area contributed by atoms with Gasteiger partial charge in [-0.05, 0) is 24.3 Å². The SMILES string of the molecule is Cn1nccc1CNC(=O)Nc1ccc(F)c(C(=O)O)c1. The number of nitrogens with zero attached hydrogens (tertiary/aromatic N) is 2. The van der Waals surface area contributed by atoms with Gasteiger partial charge in [0.1, 0.15) is 5.82 Å². The zero-order valence-corrected chi connectivity index (χ0v) is 11.1. The molecule has 0 fully saturated rings. The second-order valence-electron chi connectivity index (χ2n) is 4.25. The van der Waals surface area contributed by atoms with Crippen LogP contribution in [-0.4, -0.2) is 26.9 Å². The summed E-state index contributed by atoms with van der Waals surface area (Å²) in [6.07, 6.45) is 1.61. The van der Waals surface area contributed by atoms with Crippen molar-refractivity contribution in [3.63, 3.8) is 0 Å². The minimum Gasteiger partial charge on any atom is -0.478 e. The van der Waals surface area contributed by atoms with Crippen LogP contribution >= 0.6 is 0 Å². The molecule has 0 saturated heterocycles. The van der Waals surface area contributed by atoms with Gasteiger partial charge in [0.05, 0.1) is 17.8 Å². The Morgan fingerprint density at radius 2 is 2.14 bits per heavy atom. The normalized spacial score (nSPS) is 10.2. The smallest absolute Gasteiger partial charge is 0.338 e. The largest absolute Gasteiger partial charge is 0.478 e. The summed E-state index contributed by atoms with van der Waals surface area (Å²) in [4.78, 5) is 22.5. The van der Waals surface area contributed by atoms with Gasteiger partial charge in [-0.3, -0.25) is 4.68 Å². The fourth-order valence-corrected chi connectivity index (χ4v) is 1.69. The molecule has 0 saturated carbocycles. The van der Waals surface area contributed by atoms with Crippen LogP contribution in [0.15, 0.2) is 30.5 Å². The Morgan fingerprint density at radius 1 is 1.38 bits per heavy atom. The Labute approximate surface area is 119 Å². The summed E-state index contributed by atoms with van der Waals surface area (Å²) < 4.78 is 14.8. The number of hydrogen-bond acceptors (Lipinski definition) is 3. The van der Waals surface area contributed by atoms with Crippen molar-refractivity contribution in [3.05, 3.63) is 47.5 Å². The molecular formula is C13H13FN4O3. The number of carboxylic acid groups (broad SMARTS) is 1. The molecule has 0 aliphatic carbocycles. The van der Waals surface area contributed by atoms with Gasteiger partial charge in [-0.2, -0.15) is 5.10 Å². The maximum atomic E-state index is 13.2. The zero-order valence-electron chi connectivity index (χ0n) is 11.1. The molecule has 2 amide bonds. The second kappa shape index (κ2) is 6.04. The van der Waals surface area contributed by atoms with Gasteiger partial charge in [0.2, 0.25) is 0 Å². The lowest BCUT2D eigenvalue weighted by atomic mass is 10.2. The Balaban J connectivity index is 1.98. The molecule has 0 atom stereocenters. The molecule has 1 aromatic heterocycles. The number of carboxylic acids is 1. The average Bonchev–Trinajstić information content (AvgIpc) is 2.84. The van der Waals surface area contributed by atoms with Gasteiger partial charge in [0, 0.05) is 18.9 Å². The van der Waals surface area contributed by atoms with Gasteiger partial charge in [-0.25, -0.2) is 14.0 Å². The van der Waals surface area contributed by atoms with E-state index in [1.807, 2.05) is 0 Å². The summed E-state index contributed by atoms with van der Waals surface area (Å²) in [6.45, 7) is 0.259. The summed E-state index contributed by atoms with van der Waals surface area (Å²) in [5, 5.41) is 17.8. The number of aromatic nitrogens is 2. The molecule has 3 N–H and O–H groups in total. The fraction of sp³-hybridized carbons (Fsp3) is 0.154. The Kier molecular flexibility index (Phi) is 4.17. The third-order valence-electron chi connectivity index (χ3n) is 2.81. The Bertz CT molecular complexity index is 684. The van der Waals surface area contributed by atoms with Crippen molar-refractivity contribution >= 4 is 17.7 Å². The van der Waals surface area contributed by atoms with Crippen molar-refractivity contribution in [3.8, 4) is 0 Å². The second-order valence-corrected chi connectivity index (χ2v) is 4.25. The minimum absolute atomic E-state index is 0.191. The Hall–Kier alpha value is -2.90. The highest BCUT2D eigenvalue weighted by Crippen LogP contribution is 2.14. The van der Waals surface area contributed by atoms with Crippen LogP contribution in [0.1, 0.15) is 16.1 Å². The lowest BCUT2D eigenvalue weighted by Crippen LogP contribution is -2.29. The number of carbonyl (C=O) groups is 2. The van der Waals surface area contributed by atoms with E-state index in [0.29, 0.717) is 0 Å². The third-order valence-corrected chi connectivity index (χ3v) is 2.81. The molecule has 1 aromatic carbocycles. The van der Waals surface area contributed by atoms with E-state index in [2.05, 4.69) is 15.7 Å². The van der Waals surface area contributed by atoms with Crippen molar-refractivity contribution in [2.24, 2.45) is 7.05 Å². The van der Waals surface area contributed by atoms with E-state index < -0.39 is 23.4 Å². The van der Waals surface area contributed by atoms with Crippen LogP contribution in [0.25, 0.3) is 0 Å². The van der Waals surface area contributed by atoms with Crippen molar-refractivity contribution in [1.82, 2.24) is 15.1 Å². The summed E-state index contributed by atoms with van der Waals surface area (Å²) >= 11 is 0. The Morgan fingerprint density at radius 3 is 2.76 bits per heavy atom. The third kappa shape index (κ3) is 3.56. The van der Waals surface area contributed by atoms with Crippen LogP contribution < -0.4 is 10.6 Å². The van der Waals surface area contributed by atoms with E-state index in [0.717, 1.165) is 17.8 Å². The highest BCUT2D eigenvalue weighted by Gasteiger charge is 2.12. The summed E-state index contributed by atoms with van der Waals surface area (Å²) in [7, 11) is 1.74. The molecule has 1 heterocycles. The number of aryl methyl sites for hydroxylation is 1. The quantitative estimate of drug-likeness (QED) is 0.797. The van der Waals surface area contributed by atoms with E-state index in [9.17, 15) is 14.0 Å². The van der Waals surface area contributed by atoms with Gasteiger partial charge < -0.3 is 15.7 Å². The molecule has 0 bridgehead atoms. The van der Waals surface area contributed by atoms with Crippen LogP contribution in [-0.2, 0) is 13.6 Å². The molecule has 2 aromatic rings. The average molecular weight is 292 g/mol. The minimum atomic E-state index is -1.40. The maximum Gasteiger partial charge on any atom is 0.338 e. The van der Waals surface area contributed by atoms with Crippen molar-refractivity contribution in [2.75, 3.05) is 5.32 Å². The molecule has 0 aliphatic heterocycles. The van der Waals surface area contributed by atoms with E-state index >= 15 is 0 Å². The highest BCUT2D eigenvalue weighted by molar-refractivity contribution is 5.93. The highest BCUT2D eigenvalue weighted by atomic mass is 19.1. The number of carbonyl (C=O) groups excluding carboxylic acids is 1. The number of benzene rings is 1. The van der Waals surface area contributed by atoms with E-state index in [-0.39, 0.29) is 12.2 Å². The number of rotatable bonds is 4. The lowest BCUT2D eigenvalue weighted by molar-refractivity contribution is 0.0692. The van der Waals surface area contributed by atoms with Crippen molar-refractivity contribution in [1.29, 1.82) is 0 Å². The van der Waals surface area contributed by atoms with E-state index in [4.69, 9.17) is 5.11 Å². The maximum absolute atomic E-state index is 13.2. The van der Waals surface area contributed by atoms with Crippen molar-refractivity contribution < 1.29 is 19.1 Å². The zero-order chi connectivity index (χ0) is 15.4. The number of nitrogens with one attached hydrogen (secondary N) is 2. The molecule has 0 aliphatic rings. The first kappa shape index (κ1) is 14.5. The van der Waals surface area contributed by atoms with Crippen LogP contribution in [0, 0.1) is 5.82 Å². The van der Waals surface area contributed by atoms with Crippen LogP contribution in [0.3, 0.4) is 0 Å². The standard InChI is InChI=1S/C13H13FN4O3/c1-18-9(4-5-16-18)7-15-13(21)17-8-2-3-11(14)10(6-8)12(19)20/h2-6H,7H2,1H3,(H,19,20)(H2,15,17,21). The first-order chi connectivity index (χ1) is 9.97. The van der Waals surface area contributed by atoms with Gasteiger partial charge in [-0.1, -0.05) is 0 Å². The molecule has 0 unspecified atom stereocenters. The van der Waals surface area contributed by atoms with E-state index in [1.165, 1.54) is 6.07 Å². The molecule has 0 spiro atoms. The summed E-state index contributed by atoms with van der Waals surface area (Å²) in [5.41, 5.74) is 0.492. The number of aromatic carboxylic acids is 1. The monoisotopic (exact) mass is 292 g/mol. The van der Waals surface area contributed by atoms with Gasteiger partial charge in [-0.15, -0.1) is 0 Å². The number of urea groups is 1. The van der Waals surface area contributed by atoms with Crippen LogP contribution in [0.4, 0.5) is 14.9 Å². The topological polar surface area (TPSA) is 96.3 Å². The molecule has 110 valence electrons. The van der Waals surface area contributed by atoms with Crippen LogP contribution in [0.5, 0.6) is 0 Å². The van der Waals surface area contributed by atoms with E-state index in [1.54, 1.807) is 24.0 Å². The number of hydrogen-bond donors (Lipinski definition) is 3. The lowest BCUT2D eigenvalue weighted by Gasteiger charge is -2.08. The molecule has 0 radical (unpaired) electrons. The summed E-state index contributed by atoms with van der Waals surface area (Å²) in [6, 6.07) is 4.55. The fourth-order valence-electron chi connectivity index (χ4n) is 1.69. The predicted molar refractivity (Wildman–Crippen MR) is 72.4 cm³/mol. The molecule has 21 heavy (non-hydrogen) atoms. The van der Waals surface area contributed by atoms with Crippen molar-refractivity contribution in [2.45, 2.75) is 6.54 Å². The number of amides is 2. The molecule has 8 heteroatoms. The number of halogens is 1. The summed E-state index contributed by atoms with van der Waals surface area (Å²) in [5.74, 6) is -2.25. The molecule has 2 rings (SSSR count). The van der Waals surface area contributed by atoms with Gasteiger partial charge in [0.25, 0.3) is 0 Å². The first-order valence-corrected chi connectivity index (χ1v) is 6.02. The van der Waals surface area contributed by atoms with Gasteiger partial charge >= 0.3 is 12.0 Å². The molecule has 7 nitrogen and oxygen atoms in total. The van der Waals surface area contributed by atoms with Gasteiger partial charge in [0.15, 0.2) is 0 Å². The number of anilines is 1. The van der Waals surface area contributed by atoms with Crippen LogP contribution in [0.2, 0.25) is 0 Å². The first-order valence-electron chi connectivity index (χ1n) is 6.02.